The first kappa shape index (κ1) is 21.3. The van der Waals surface area contributed by atoms with Crippen LogP contribution in [0.5, 0.6) is 0 Å². The predicted octanol–water partition coefficient (Wildman–Crippen LogP) is 2.37. The molecule has 0 fully saturated rings. The number of hydrogen-bond donors (Lipinski definition) is 2. The van der Waals surface area contributed by atoms with Crippen molar-refractivity contribution in [1.82, 2.24) is 4.98 Å². The molecule has 0 bridgehead atoms. The van der Waals surface area contributed by atoms with Crippen LogP contribution in [0.15, 0.2) is 22.4 Å². The number of thioether (sulfide) groups is 1. The van der Waals surface area contributed by atoms with Crippen LogP contribution in [0.3, 0.4) is 0 Å². The van der Waals surface area contributed by atoms with Crippen LogP contribution in [0.2, 0.25) is 0 Å². The molecule has 1 aromatic heterocycles. The molecule has 2 rings (SSSR count). The molecule has 0 radical (unpaired) electrons. The number of nitrogens with two attached hydrogens (primary N) is 1. The number of nitro benzene ring substituents is 1. The van der Waals surface area contributed by atoms with E-state index in [1.807, 2.05) is 0 Å². The second-order valence-corrected chi connectivity index (χ2v) is 7.59. The molecule has 2 amide bonds. The molecule has 0 aliphatic rings. The number of benzene rings is 1. The summed E-state index contributed by atoms with van der Waals surface area (Å²) >= 11 is 2.34. The molecule has 0 atom stereocenters. The van der Waals surface area contributed by atoms with Gasteiger partial charge in [0.25, 0.3) is 11.6 Å². The highest BCUT2D eigenvalue weighted by Gasteiger charge is 2.20. The molecule has 2 aromatic rings. The number of nitrogens with zero attached hydrogens (tertiary/aromatic N) is 2. The number of aryl methyl sites for hydroxylation is 1. The van der Waals surface area contributed by atoms with E-state index in [1.165, 1.54) is 17.8 Å². The molecular weight excluding hydrogens is 408 g/mol. The van der Waals surface area contributed by atoms with Crippen LogP contribution in [0.4, 0.5) is 10.8 Å². The number of carbonyl (C=O) groups is 3. The van der Waals surface area contributed by atoms with Gasteiger partial charge in [0.2, 0.25) is 5.91 Å². The van der Waals surface area contributed by atoms with Gasteiger partial charge in [-0.05, 0) is 19.9 Å². The zero-order valence-electron chi connectivity index (χ0n) is 14.9. The summed E-state index contributed by atoms with van der Waals surface area (Å²) in [4.78, 5) is 49.9. The minimum Gasteiger partial charge on any atom is -0.462 e. The van der Waals surface area contributed by atoms with Gasteiger partial charge in [0, 0.05) is 17.7 Å². The highest BCUT2D eigenvalue weighted by molar-refractivity contribution is 8.01. The molecule has 148 valence electrons. The SMILES string of the molecule is CCOC(=O)c1cc(C(=O)Nc2nc(C)c(SCC(N)=O)s2)cc([N+](=O)[O-])c1. The Kier molecular flexibility index (Phi) is 7.06. The average Bonchev–Trinajstić information content (AvgIpc) is 2.98. The third kappa shape index (κ3) is 5.50. The Labute approximate surface area is 167 Å². The van der Waals surface area contributed by atoms with Crippen molar-refractivity contribution in [2.75, 3.05) is 17.7 Å². The van der Waals surface area contributed by atoms with Crippen molar-refractivity contribution < 1.29 is 24.0 Å². The minimum atomic E-state index is -0.768. The molecule has 0 aliphatic carbocycles. The van der Waals surface area contributed by atoms with Gasteiger partial charge in [-0.3, -0.25) is 25.0 Å². The summed E-state index contributed by atoms with van der Waals surface area (Å²) in [5.41, 5.74) is 5.12. The number of carbonyl (C=O) groups excluding carboxylic acids is 3. The third-order valence-corrected chi connectivity index (χ3v) is 5.68. The number of hydrogen-bond acceptors (Lipinski definition) is 9. The molecule has 0 aliphatic heterocycles. The Hall–Kier alpha value is -2.99. The minimum absolute atomic E-state index is 0.0736. The van der Waals surface area contributed by atoms with Gasteiger partial charge in [0.05, 0.1) is 32.7 Å². The van der Waals surface area contributed by atoms with Gasteiger partial charge >= 0.3 is 5.97 Å². The maximum atomic E-state index is 12.5. The van der Waals surface area contributed by atoms with E-state index >= 15 is 0 Å². The van der Waals surface area contributed by atoms with Crippen LogP contribution < -0.4 is 11.1 Å². The molecule has 10 nitrogen and oxygen atoms in total. The Morgan fingerprint density at radius 2 is 2.00 bits per heavy atom. The van der Waals surface area contributed by atoms with Crippen LogP contribution >= 0.6 is 23.1 Å². The van der Waals surface area contributed by atoms with Gasteiger partial charge in [0.15, 0.2) is 5.13 Å². The van der Waals surface area contributed by atoms with Crippen molar-refractivity contribution in [3.63, 3.8) is 0 Å². The summed E-state index contributed by atoms with van der Waals surface area (Å²) in [5, 5.41) is 13.9. The Balaban J connectivity index is 2.26. The second kappa shape index (κ2) is 9.28. The normalized spacial score (nSPS) is 10.4. The number of primary amides is 1. The van der Waals surface area contributed by atoms with E-state index in [9.17, 15) is 24.5 Å². The third-order valence-electron chi connectivity index (χ3n) is 3.22. The van der Waals surface area contributed by atoms with Crippen LogP contribution in [0.25, 0.3) is 0 Å². The molecular formula is C16H16N4O6S2. The quantitative estimate of drug-likeness (QED) is 0.283. The van der Waals surface area contributed by atoms with E-state index in [2.05, 4.69) is 10.3 Å². The molecule has 0 spiro atoms. The van der Waals surface area contributed by atoms with Crippen molar-refractivity contribution in [2.24, 2.45) is 5.73 Å². The maximum Gasteiger partial charge on any atom is 0.338 e. The highest BCUT2D eigenvalue weighted by atomic mass is 32.2. The number of aromatic nitrogens is 1. The molecule has 1 heterocycles. The molecule has 1 aromatic carbocycles. The summed E-state index contributed by atoms with van der Waals surface area (Å²) < 4.78 is 5.55. The first-order valence-electron chi connectivity index (χ1n) is 7.87. The average molecular weight is 424 g/mol. The molecule has 0 saturated heterocycles. The number of nitro groups is 1. The van der Waals surface area contributed by atoms with E-state index in [4.69, 9.17) is 10.5 Å². The number of esters is 1. The number of ether oxygens (including phenoxy) is 1. The smallest absolute Gasteiger partial charge is 0.338 e. The zero-order valence-corrected chi connectivity index (χ0v) is 16.5. The fourth-order valence-electron chi connectivity index (χ4n) is 2.06. The van der Waals surface area contributed by atoms with Crippen molar-refractivity contribution >= 4 is 51.7 Å². The van der Waals surface area contributed by atoms with Crippen LogP contribution in [0, 0.1) is 17.0 Å². The van der Waals surface area contributed by atoms with Gasteiger partial charge < -0.3 is 10.5 Å². The van der Waals surface area contributed by atoms with Crippen LogP contribution in [-0.2, 0) is 9.53 Å². The fraction of sp³-hybridized carbons (Fsp3) is 0.250. The lowest BCUT2D eigenvalue weighted by Crippen LogP contribution is -2.14. The fourth-order valence-corrected chi connectivity index (χ4v) is 3.93. The topological polar surface area (TPSA) is 155 Å². The lowest BCUT2D eigenvalue weighted by Gasteiger charge is -2.06. The summed E-state index contributed by atoms with van der Waals surface area (Å²) in [7, 11) is 0. The predicted molar refractivity (Wildman–Crippen MR) is 104 cm³/mol. The molecule has 0 unspecified atom stereocenters. The summed E-state index contributed by atoms with van der Waals surface area (Å²) in [6.45, 7) is 3.40. The van der Waals surface area contributed by atoms with Gasteiger partial charge in [-0.25, -0.2) is 9.78 Å². The molecule has 3 N–H and O–H groups in total. The highest BCUT2D eigenvalue weighted by Crippen LogP contribution is 2.32. The lowest BCUT2D eigenvalue weighted by atomic mass is 10.1. The monoisotopic (exact) mass is 424 g/mol. The Bertz CT molecular complexity index is 943. The zero-order chi connectivity index (χ0) is 20.8. The second-order valence-electron chi connectivity index (χ2n) is 5.35. The van der Waals surface area contributed by atoms with Gasteiger partial charge in [-0.1, -0.05) is 11.3 Å². The van der Waals surface area contributed by atoms with Crippen molar-refractivity contribution in [3.05, 3.63) is 45.1 Å². The Morgan fingerprint density at radius 1 is 1.32 bits per heavy atom. The van der Waals surface area contributed by atoms with Crippen LogP contribution in [-0.4, -0.2) is 40.1 Å². The lowest BCUT2D eigenvalue weighted by molar-refractivity contribution is -0.384. The summed E-state index contributed by atoms with van der Waals surface area (Å²) in [6.07, 6.45) is 0. The van der Waals surface area contributed by atoms with E-state index in [0.717, 1.165) is 23.5 Å². The first-order valence-corrected chi connectivity index (χ1v) is 9.68. The number of amides is 2. The van der Waals surface area contributed by atoms with E-state index in [0.29, 0.717) is 9.90 Å². The number of rotatable bonds is 8. The molecule has 12 heteroatoms. The molecule has 0 saturated carbocycles. The molecule has 28 heavy (non-hydrogen) atoms. The van der Waals surface area contributed by atoms with Crippen LogP contribution in [0.1, 0.15) is 33.3 Å². The van der Waals surface area contributed by atoms with Gasteiger partial charge in [0.1, 0.15) is 0 Å². The summed E-state index contributed by atoms with van der Waals surface area (Å²) in [5.74, 6) is -1.85. The first-order chi connectivity index (χ1) is 13.2. The van der Waals surface area contributed by atoms with Crippen molar-refractivity contribution in [1.29, 1.82) is 0 Å². The maximum absolute atomic E-state index is 12.5. The van der Waals surface area contributed by atoms with Gasteiger partial charge in [-0.2, -0.15) is 0 Å². The van der Waals surface area contributed by atoms with E-state index < -0.39 is 28.4 Å². The van der Waals surface area contributed by atoms with Crippen molar-refractivity contribution in [3.8, 4) is 0 Å². The number of thiazole rings is 1. The largest absolute Gasteiger partial charge is 0.462 e. The van der Waals surface area contributed by atoms with E-state index in [1.54, 1.807) is 13.8 Å². The number of non-ortho nitro benzene ring substituents is 1. The number of anilines is 1. The van der Waals surface area contributed by atoms with E-state index in [-0.39, 0.29) is 28.6 Å². The summed E-state index contributed by atoms with van der Waals surface area (Å²) in [6, 6.07) is 3.31. The number of nitrogens with one attached hydrogen (secondary N) is 1. The Morgan fingerprint density at radius 3 is 2.61 bits per heavy atom. The standard InChI is InChI=1S/C16H16N4O6S2/c1-3-26-14(23)10-4-9(5-11(6-10)20(24)25)13(22)19-16-18-8(2)15(28-16)27-7-12(17)21/h4-6H,3,7H2,1-2H3,(H2,17,21)(H,18,19,22). The van der Waals surface area contributed by atoms with Gasteiger partial charge in [-0.15, -0.1) is 11.8 Å². The van der Waals surface area contributed by atoms with Crippen molar-refractivity contribution in [2.45, 2.75) is 18.1 Å².